The minimum Gasteiger partial charge on any atom is -0.475 e. The summed E-state index contributed by atoms with van der Waals surface area (Å²) in [7, 11) is 0. The van der Waals surface area contributed by atoms with Crippen LogP contribution >= 0.6 is 0 Å². The third kappa shape index (κ3) is 1.80. The largest absolute Gasteiger partial charge is 0.475 e. The van der Waals surface area contributed by atoms with Gasteiger partial charge in [0.15, 0.2) is 11.6 Å². The van der Waals surface area contributed by atoms with E-state index in [2.05, 4.69) is 0 Å². The Hall–Kier alpha value is -1.52. The normalized spacial score (nSPS) is 18.8. The van der Waals surface area contributed by atoms with E-state index < -0.39 is 29.2 Å². The molecule has 13 heavy (non-hydrogen) atoms. The standard InChI is InChI=1S/C8H8O5/c9-4-2-1-3-5(10)6(4)7(11)8(12)13/h6H,1-3H2,(H,12,13). The van der Waals surface area contributed by atoms with Crippen LogP contribution in [0, 0.1) is 5.92 Å². The van der Waals surface area contributed by atoms with E-state index in [4.69, 9.17) is 5.11 Å². The van der Waals surface area contributed by atoms with Gasteiger partial charge >= 0.3 is 5.97 Å². The van der Waals surface area contributed by atoms with E-state index in [1.165, 1.54) is 0 Å². The molecule has 0 saturated heterocycles. The van der Waals surface area contributed by atoms with Gasteiger partial charge in [-0.1, -0.05) is 0 Å². The van der Waals surface area contributed by atoms with Gasteiger partial charge in [0.2, 0.25) is 0 Å². The fourth-order valence-electron chi connectivity index (χ4n) is 1.32. The molecule has 1 aliphatic carbocycles. The van der Waals surface area contributed by atoms with Gasteiger partial charge in [-0.3, -0.25) is 14.4 Å². The van der Waals surface area contributed by atoms with Gasteiger partial charge in [0.05, 0.1) is 0 Å². The van der Waals surface area contributed by atoms with Gasteiger partial charge in [0, 0.05) is 12.8 Å². The number of Topliss-reactive ketones (excluding diaryl/α,β-unsaturated/α-hetero) is 3. The van der Waals surface area contributed by atoms with Crippen molar-refractivity contribution >= 4 is 23.3 Å². The van der Waals surface area contributed by atoms with Crippen molar-refractivity contribution in [3.63, 3.8) is 0 Å². The molecule has 0 aromatic carbocycles. The monoisotopic (exact) mass is 184 g/mol. The summed E-state index contributed by atoms with van der Waals surface area (Å²) >= 11 is 0. The van der Waals surface area contributed by atoms with E-state index in [1.807, 2.05) is 0 Å². The Bertz CT molecular complexity index is 275. The minimum absolute atomic E-state index is 0.120. The van der Waals surface area contributed by atoms with Crippen LogP contribution in [0.5, 0.6) is 0 Å². The molecule has 70 valence electrons. The summed E-state index contributed by atoms with van der Waals surface area (Å²) in [6.45, 7) is 0. The third-order valence-electron chi connectivity index (χ3n) is 1.96. The van der Waals surface area contributed by atoms with Crippen LogP contribution in [-0.4, -0.2) is 28.4 Å². The summed E-state index contributed by atoms with van der Waals surface area (Å²) in [5.41, 5.74) is 0. The summed E-state index contributed by atoms with van der Waals surface area (Å²) in [6, 6.07) is 0. The number of carbonyl (C=O) groups is 4. The molecule has 1 N–H and O–H groups in total. The van der Waals surface area contributed by atoms with Gasteiger partial charge in [-0.25, -0.2) is 4.79 Å². The molecule has 0 amide bonds. The van der Waals surface area contributed by atoms with E-state index in [1.54, 1.807) is 0 Å². The number of hydrogen-bond acceptors (Lipinski definition) is 4. The van der Waals surface area contributed by atoms with Crippen LogP contribution in [0.15, 0.2) is 0 Å². The molecule has 1 saturated carbocycles. The van der Waals surface area contributed by atoms with Crippen molar-refractivity contribution in [2.24, 2.45) is 5.92 Å². The number of hydrogen-bond donors (Lipinski definition) is 1. The van der Waals surface area contributed by atoms with Gasteiger partial charge in [-0.05, 0) is 6.42 Å². The molecule has 0 aliphatic heterocycles. The maximum Gasteiger partial charge on any atom is 0.373 e. The van der Waals surface area contributed by atoms with Crippen molar-refractivity contribution in [2.45, 2.75) is 19.3 Å². The van der Waals surface area contributed by atoms with Gasteiger partial charge < -0.3 is 5.11 Å². The van der Waals surface area contributed by atoms with Crippen molar-refractivity contribution in [1.82, 2.24) is 0 Å². The van der Waals surface area contributed by atoms with Crippen LogP contribution in [0.25, 0.3) is 0 Å². The number of carboxylic acids is 1. The Balaban J connectivity index is 2.86. The first-order chi connectivity index (χ1) is 6.04. The highest BCUT2D eigenvalue weighted by Gasteiger charge is 2.39. The Kier molecular flexibility index (Phi) is 2.55. The molecule has 0 atom stereocenters. The van der Waals surface area contributed by atoms with Crippen molar-refractivity contribution in [1.29, 1.82) is 0 Å². The van der Waals surface area contributed by atoms with Crippen LogP contribution < -0.4 is 0 Å². The van der Waals surface area contributed by atoms with Crippen molar-refractivity contribution in [3.05, 3.63) is 0 Å². The summed E-state index contributed by atoms with van der Waals surface area (Å²) in [4.78, 5) is 43.2. The topological polar surface area (TPSA) is 88.5 Å². The lowest BCUT2D eigenvalue weighted by Gasteiger charge is -2.15. The average Bonchev–Trinajstić information content (AvgIpc) is 2.03. The smallest absolute Gasteiger partial charge is 0.373 e. The number of ketones is 3. The molecular formula is C8H8O5. The Morgan fingerprint density at radius 1 is 1.15 bits per heavy atom. The molecule has 0 spiro atoms. The number of carboxylic acid groups (broad SMARTS) is 1. The maximum atomic E-state index is 11.0. The average molecular weight is 184 g/mol. The van der Waals surface area contributed by atoms with E-state index in [0.29, 0.717) is 6.42 Å². The van der Waals surface area contributed by atoms with E-state index in [-0.39, 0.29) is 12.8 Å². The molecular weight excluding hydrogens is 176 g/mol. The van der Waals surface area contributed by atoms with Gasteiger partial charge in [-0.2, -0.15) is 0 Å². The summed E-state index contributed by atoms with van der Waals surface area (Å²) in [5.74, 6) is -5.68. The molecule has 5 nitrogen and oxygen atoms in total. The lowest BCUT2D eigenvalue weighted by Crippen LogP contribution is -2.38. The first kappa shape index (κ1) is 9.57. The van der Waals surface area contributed by atoms with Crippen LogP contribution in [0.3, 0.4) is 0 Å². The first-order valence-electron chi connectivity index (χ1n) is 3.86. The predicted molar refractivity (Wildman–Crippen MR) is 40.0 cm³/mol. The molecule has 5 heteroatoms. The molecule has 0 radical (unpaired) electrons. The van der Waals surface area contributed by atoms with Crippen LogP contribution in [-0.2, 0) is 19.2 Å². The maximum absolute atomic E-state index is 11.0. The lowest BCUT2D eigenvalue weighted by molar-refractivity contribution is -0.155. The highest BCUT2D eigenvalue weighted by molar-refractivity contribution is 6.43. The highest BCUT2D eigenvalue weighted by Crippen LogP contribution is 2.18. The quantitative estimate of drug-likeness (QED) is 0.465. The Morgan fingerprint density at radius 3 is 2.00 bits per heavy atom. The van der Waals surface area contributed by atoms with Crippen LogP contribution in [0.1, 0.15) is 19.3 Å². The number of carbonyl (C=O) groups excluding carboxylic acids is 3. The van der Waals surface area contributed by atoms with Crippen LogP contribution in [0.2, 0.25) is 0 Å². The molecule has 1 rings (SSSR count). The second-order valence-corrected chi connectivity index (χ2v) is 2.89. The zero-order valence-corrected chi connectivity index (χ0v) is 6.78. The molecule has 0 heterocycles. The van der Waals surface area contributed by atoms with Crippen molar-refractivity contribution < 1.29 is 24.3 Å². The van der Waals surface area contributed by atoms with E-state index >= 15 is 0 Å². The van der Waals surface area contributed by atoms with Crippen LogP contribution in [0.4, 0.5) is 0 Å². The van der Waals surface area contributed by atoms with E-state index in [0.717, 1.165) is 0 Å². The summed E-state index contributed by atoms with van der Waals surface area (Å²) < 4.78 is 0. The zero-order chi connectivity index (χ0) is 10.0. The lowest BCUT2D eigenvalue weighted by atomic mass is 9.84. The molecule has 0 aromatic heterocycles. The highest BCUT2D eigenvalue weighted by atomic mass is 16.4. The second kappa shape index (κ2) is 3.47. The SMILES string of the molecule is O=C(O)C(=O)C1C(=O)CCCC1=O. The minimum atomic E-state index is -1.71. The van der Waals surface area contributed by atoms with Gasteiger partial charge in [0.25, 0.3) is 5.78 Å². The van der Waals surface area contributed by atoms with Crippen molar-refractivity contribution in [3.8, 4) is 0 Å². The Morgan fingerprint density at radius 2 is 1.62 bits per heavy atom. The Labute approximate surface area is 73.7 Å². The first-order valence-corrected chi connectivity index (χ1v) is 3.86. The third-order valence-corrected chi connectivity index (χ3v) is 1.96. The molecule has 0 bridgehead atoms. The molecule has 1 fully saturated rings. The second-order valence-electron chi connectivity index (χ2n) is 2.89. The fraction of sp³-hybridized carbons (Fsp3) is 0.500. The van der Waals surface area contributed by atoms with Gasteiger partial charge in [0.1, 0.15) is 5.92 Å². The van der Waals surface area contributed by atoms with Gasteiger partial charge in [-0.15, -0.1) is 0 Å². The fourth-order valence-corrected chi connectivity index (χ4v) is 1.32. The molecule has 0 aromatic rings. The zero-order valence-electron chi connectivity index (χ0n) is 6.78. The molecule has 0 unspecified atom stereocenters. The molecule has 1 aliphatic rings. The van der Waals surface area contributed by atoms with Crippen molar-refractivity contribution in [2.75, 3.05) is 0 Å². The summed E-state index contributed by atoms with van der Waals surface area (Å²) in [6.07, 6.45) is 0.659. The predicted octanol–water partition coefficient (Wildman–Crippen LogP) is -0.422. The van der Waals surface area contributed by atoms with E-state index in [9.17, 15) is 19.2 Å². The summed E-state index contributed by atoms with van der Waals surface area (Å²) in [5, 5.41) is 8.32. The number of aliphatic carboxylic acids is 1. The number of rotatable bonds is 2.